The number of hydrogen-bond donors (Lipinski definition) is 0. The van der Waals surface area contributed by atoms with Crippen molar-refractivity contribution in [3.63, 3.8) is 0 Å². The molecule has 2 aromatic rings. The van der Waals surface area contributed by atoms with Gasteiger partial charge in [0.1, 0.15) is 0 Å². The van der Waals surface area contributed by atoms with Crippen molar-refractivity contribution in [2.45, 2.75) is 17.6 Å². The molecule has 0 aromatic heterocycles. The zero-order valence-corrected chi connectivity index (χ0v) is 10.4. The van der Waals surface area contributed by atoms with Crippen molar-refractivity contribution in [3.05, 3.63) is 65.7 Å². The van der Waals surface area contributed by atoms with Gasteiger partial charge in [0.25, 0.3) is 0 Å². The van der Waals surface area contributed by atoms with Crippen LogP contribution in [0.5, 0.6) is 0 Å². The maximum Gasteiger partial charge on any atom is 0.182 e. The van der Waals surface area contributed by atoms with Gasteiger partial charge in [-0.1, -0.05) is 42.5 Å². The van der Waals surface area contributed by atoms with Gasteiger partial charge in [-0.2, -0.15) is 0 Å². The van der Waals surface area contributed by atoms with Crippen molar-refractivity contribution >= 4 is 9.84 Å². The molecule has 0 unspecified atom stereocenters. The van der Waals surface area contributed by atoms with E-state index in [1.165, 1.54) is 0 Å². The van der Waals surface area contributed by atoms with Gasteiger partial charge in [-0.15, -0.1) is 0 Å². The molecule has 3 heteroatoms. The Bertz CT molecular complexity index is 601. The van der Waals surface area contributed by atoms with E-state index in [-0.39, 0.29) is 5.75 Å². The highest BCUT2D eigenvalue weighted by Crippen LogP contribution is 2.17. The van der Waals surface area contributed by atoms with Crippen molar-refractivity contribution in [1.82, 2.24) is 0 Å². The fourth-order valence-electron chi connectivity index (χ4n) is 1.69. The molecule has 0 amide bonds. The summed E-state index contributed by atoms with van der Waals surface area (Å²) in [6.07, 6.45) is 0. The summed E-state index contributed by atoms with van der Waals surface area (Å²) in [5.74, 6) is 0.0529. The van der Waals surface area contributed by atoms with E-state index in [9.17, 15) is 8.42 Å². The Morgan fingerprint density at radius 2 is 1.65 bits per heavy atom. The Hall–Kier alpha value is -1.61. The lowest BCUT2D eigenvalue weighted by atomic mass is 10.2. The van der Waals surface area contributed by atoms with Crippen molar-refractivity contribution in [2.24, 2.45) is 0 Å². The van der Waals surface area contributed by atoms with Crippen LogP contribution in [0.4, 0.5) is 0 Å². The molecule has 2 aromatic carbocycles. The van der Waals surface area contributed by atoms with Crippen LogP contribution in [0.15, 0.2) is 59.5 Å². The molecule has 2 nitrogen and oxygen atoms in total. The zero-order valence-electron chi connectivity index (χ0n) is 9.63. The summed E-state index contributed by atoms with van der Waals surface area (Å²) in [6, 6.07) is 16.2. The van der Waals surface area contributed by atoms with Crippen LogP contribution < -0.4 is 0 Å². The summed E-state index contributed by atoms with van der Waals surface area (Å²) < 4.78 is 24.3. The second-order valence-electron chi connectivity index (χ2n) is 4.06. The SMILES string of the molecule is Cc1cccc(S(=O)(=O)Cc2ccccc2)c1. The summed E-state index contributed by atoms with van der Waals surface area (Å²) in [5.41, 5.74) is 1.77. The summed E-state index contributed by atoms with van der Waals surface area (Å²) in [6.45, 7) is 1.89. The van der Waals surface area contributed by atoms with E-state index in [1.54, 1.807) is 18.2 Å². The summed E-state index contributed by atoms with van der Waals surface area (Å²) >= 11 is 0. The largest absolute Gasteiger partial charge is 0.223 e. The van der Waals surface area contributed by atoms with E-state index >= 15 is 0 Å². The predicted octanol–water partition coefficient (Wildman–Crippen LogP) is 2.97. The van der Waals surface area contributed by atoms with E-state index in [0.717, 1.165) is 11.1 Å². The van der Waals surface area contributed by atoms with Crippen LogP contribution in [-0.4, -0.2) is 8.42 Å². The highest BCUT2D eigenvalue weighted by Gasteiger charge is 2.14. The van der Waals surface area contributed by atoms with E-state index in [1.807, 2.05) is 43.3 Å². The van der Waals surface area contributed by atoms with Gasteiger partial charge >= 0.3 is 0 Å². The van der Waals surface area contributed by atoms with E-state index in [0.29, 0.717) is 4.90 Å². The third-order valence-corrected chi connectivity index (χ3v) is 4.23. The minimum atomic E-state index is -3.24. The Morgan fingerprint density at radius 3 is 2.29 bits per heavy atom. The van der Waals surface area contributed by atoms with Crippen molar-refractivity contribution in [3.8, 4) is 0 Å². The molecule has 0 spiro atoms. The van der Waals surface area contributed by atoms with Crippen LogP contribution in [0.3, 0.4) is 0 Å². The topological polar surface area (TPSA) is 34.1 Å². The first kappa shape index (κ1) is 11.9. The fourth-order valence-corrected chi connectivity index (χ4v) is 3.14. The molecule has 0 N–H and O–H groups in total. The van der Waals surface area contributed by atoms with Gasteiger partial charge in [0.15, 0.2) is 9.84 Å². The molecule has 0 heterocycles. The molecule has 0 atom stereocenters. The molecule has 0 aliphatic carbocycles. The molecule has 2 rings (SSSR count). The van der Waals surface area contributed by atoms with Crippen LogP contribution in [-0.2, 0) is 15.6 Å². The lowest BCUT2D eigenvalue weighted by molar-refractivity contribution is 0.595. The van der Waals surface area contributed by atoms with Crippen molar-refractivity contribution in [1.29, 1.82) is 0 Å². The maximum atomic E-state index is 12.2. The van der Waals surface area contributed by atoms with E-state index < -0.39 is 9.84 Å². The van der Waals surface area contributed by atoms with Crippen LogP contribution in [0, 0.1) is 6.92 Å². The zero-order chi connectivity index (χ0) is 12.3. The molecule has 0 radical (unpaired) electrons. The number of hydrogen-bond acceptors (Lipinski definition) is 2. The quantitative estimate of drug-likeness (QED) is 0.834. The Kier molecular flexibility index (Phi) is 3.29. The molecular weight excluding hydrogens is 232 g/mol. The highest BCUT2D eigenvalue weighted by atomic mass is 32.2. The highest BCUT2D eigenvalue weighted by molar-refractivity contribution is 7.90. The van der Waals surface area contributed by atoms with Gasteiger partial charge < -0.3 is 0 Å². The molecule has 0 bridgehead atoms. The first-order chi connectivity index (χ1) is 8.08. The van der Waals surface area contributed by atoms with Gasteiger partial charge in [0, 0.05) is 0 Å². The fraction of sp³-hybridized carbons (Fsp3) is 0.143. The van der Waals surface area contributed by atoms with Crippen LogP contribution in [0.2, 0.25) is 0 Å². The molecule has 88 valence electrons. The molecule has 0 saturated heterocycles. The first-order valence-electron chi connectivity index (χ1n) is 5.41. The first-order valence-corrected chi connectivity index (χ1v) is 7.06. The minimum absolute atomic E-state index is 0.0529. The Labute approximate surface area is 102 Å². The second kappa shape index (κ2) is 4.72. The van der Waals surface area contributed by atoms with Crippen LogP contribution in [0.25, 0.3) is 0 Å². The standard InChI is InChI=1S/C14H14O2S/c1-12-6-5-9-14(10-12)17(15,16)11-13-7-3-2-4-8-13/h2-10H,11H2,1H3. The predicted molar refractivity (Wildman–Crippen MR) is 68.5 cm³/mol. The summed E-state index contributed by atoms with van der Waals surface area (Å²) in [7, 11) is -3.24. The molecule has 0 aliphatic rings. The van der Waals surface area contributed by atoms with Gasteiger partial charge in [-0.05, 0) is 30.2 Å². The van der Waals surface area contributed by atoms with Crippen molar-refractivity contribution < 1.29 is 8.42 Å². The van der Waals surface area contributed by atoms with Gasteiger partial charge in [-0.25, -0.2) is 8.42 Å². The third-order valence-electron chi connectivity index (χ3n) is 2.55. The van der Waals surface area contributed by atoms with E-state index in [4.69, 9.17) is 0 Å². The van der Waals surface area contributed by atoms with Crippen molar-refractivity contribution in [2.75, 3.05) is 0 Å². The van der Waals surface area contributed by atoms with E-state index in [2.05, 4.69) is 0 Å². The van der Waals surface area contributed by atoms with Crippen LogP contribution >= 0.6 is 0 Å². The molecule has 17 heavy (non-hydrogen) atoms. The number of benzene rings is 2. The third kappa shape index (κ3) is 2.94. The summed E-state index contributed by atoms with van der Waals surface area (Å²) in [4.78, 5) is 0.390. The number of sulfone groups is 1. The smallest absolute Gasteiger partial charge is 0.182 e. The second-order valence-corrected chi connectivity index (χ2v) is 6.05. The molecule has 0 aliphatic heterocycles. The molecular formula is C14H14O2S. The normalized spacial score (nSPS) is 11.4. The average molecular weight is 246 g/mol. The Balaban J connectivity index is 2.32. The van der Waals surface area contributed by atoms with Gasteiger partial charge in [-0.3, -0.25) is 0 Å². The molecule has 0 saturated carbocycles. The summed E-state index contributed by atoms with van der Waals surface area (Å²) in [5, 5.41) is 0. The average Bonchev–Trinajstić information content (AvgIpc) is 2.30. The number of aryl methyl sites for hydroxylation is 1. The molecule has 0 fully saturated rings. The van der Waals surface area contributed by atoms with Gasteiger partial charge in [0.2, 0.25) is 0 Å². The Morgan fingerprint density at radius 1 is 0.941 bits per heavy atom. The number of rotatable bonds is 3. The monoisotopic (exact) mass is 246 g/mol. The van der Waals surface area contributed by atoms with Crippen LogP contribution in [0.1, 0.15) is 11.1 Å². The lowest BCUT2D eigenvalue weighted by Crippen LogP contribution is -2.04. The minimum Gasteiger partial charge on any atom is -0.223 e. The lowest BCUT2D eigenvalue weighted by Gasteiger charge is -2.05. The van der Waals surface area contributed by atoms with Gasteiger partial charge in [0.05, 0.1) is 10.6 Å². The maximum absolute atomic E-state index is 12.2.